The van der Waals surface area contributed by atoms with Gasteiger partial charge in [0.2, 0.25) is 0 Å². The van der Waals surface area contributed by atoms with Gasteiger partial charge >= 0.3 is 11.9 Å². The zero-order valence-electron chi connectivity index (χ0n) is 8.36. The van der Waals surface area contributed by atoms with Crippen molar-refractivity contribution >= 4 is 11.9 Å². The third kappa shape index (κ3) is 3.09. The number of benzene rings is 1. The van der Waals surface area contributed by atoms with Crippen molar-refractivity contribution in [1.82, 2.24) is 0 Å². The van der Waals surface area contributed by atoms with Crippen molar-refractivity contribution in [3.8, 4) is 0 Å². The summed E-state index contributed by atoms with van der Waals surface area (Å²) < 4.78 is 0. The highest BCUT2D eigenvalue weighted by Gasteiger charge is 2.10. The summed E-state index contributed by atoms with van der Waals surface area (Å²) in [7, 11) is 0. The van der Waals surface area contributed by atoms with Gasteiger partial charge < -0.3 is 10.2 Å². The number of aliphatic carboxylic acids is 1. The van der Waals surface area contributed by atoms with Crippen LogP contribution in [0.25, 0.3) is 0 Å². The molecule has 80 valence electrons. The van der Waals surface area contributed by atoms with Crippen molar-refractivity contribution in [3.05, 3.63) is 34.9 Å². The molecule has 0 amide bonds. The third-order valence-electron chi connectivity index (χ3n) is 2.10. The fourth-order valence-corrected chi connectivity index (χ4v) is 1.38. The van der Waals surface area contributed by atoms with E-state index in [4.69, 9.17) is 10.2 Å². The molecule has 1 rings (SSSR count). The highest BCUT2D eigenvalue weighted by Crippen LogP contribution is 2.14. The summed E-state index contributed by atoms with van der Waals surface area (Å²) >= 11 is 0. The van der Waals surface area contributed by atoms with Crippen LogP contribution in [-0.4, -0.2) is 22.2 Å². The first-order valence-corrected chi connectivity index (χ1v) is 4.55. The number of carboxylic acid groups (broad SMARTS) is 2. The van der Waals surface area contributed by atoms with Crippen LogP contribution < -0.4 is 0 Å². The van der Waals surface area contributed by atoms with Crippen LogP contribution in [0, 0.1) is 6.92 Å². The molecule has 0 aliphatic carbocycles. The van der Waals surface area contributed by atoms with Crippen molar-refractivity contribution < 1.29 is 19.8 Å². The van der Waals surface area contributed by atoms with Gasteiger partial charge in [-0.2, -0.15) is 0 Å². The van der Waals surface area contributed by atoms with Gasteiger partial charge in [0.15, 0.2) is 0 Å². The molecule has 0 aromatic heterocycles. The molecule has 2 N–H and O–H groups in total. The molecule has 0 saturated heterocycles. The van der Waals surface area contributed by atoms with Gasteiger partial charge in [-0.25, -0.2) is 4.79 Å². The second-order valence-electron chi connectivity index (χ2n) is 3.36. The van der Waals surface area contributed by atoms with Crippen LogP contribution in [0.1, 0.15) is 27.9 Å². The van der Waals surface area contributed by atoms with E-state index in [2.05, 4.69) is 0 Å². The lowest BCUT2D eigenvalue weighted by Crippen LogP contribution is -2.05. The van der Waals surface area contributed by atoms with E-state index in [-0.39, 0.29) is 18.4 Å². The molecule has 0 spiro atoms. The number of carbonyl (C=O) groups is 2. The Balaban J connectivity index is 2.96. The monoisotopic (exact) mass is 208 g/mol. The average molecular weight is 208 g/mol. The Morgan fingerprint density at radius 3 is 2.47 bits per heavy atom. The van der Waals surface area contributed by atoms with Crippen LogP contribution >= 0.6 is 0 Å². The number of hydrogen-bond donors (Lipinski definition) is 2. The normalized spacial score (nSPS) is 9.93. The number of carboxylic acids is 2. The van der Waals surface area contributed by atoms with Crippen molar-refractivity contribution in [2.45, 2.75) is 19.8 Å². The standard InChI is InChI=1S/C11H12O4/c1-7-2-4-9(11(14)15)8(6-7)3-5-10(12)13/h2,4,6H,3,5H2,1H3,(H,12,13)(H,14,15). The molecule has 4 heteroatoms. The Morgan fingerprint density at radius 2 is 1.93 bits per heavy atom. The first-order chi connectivity index (χ1) is 7.00. The minimum absolute atomic E-state index is 0.0519. The molecule has 1 aromatic carbocycles. The average Bonchev–Trinajstić information content (AvgIpc) is 2.14. The summed E-state index contributed by atoms with van der Waals surface area (Å²) in [5, 5.41) is 17.4. The SMILES string of the molecule is Cc1ccc(C(=O)O)c(CCC(=O)O)c1. The van der Waals surface area contributed by atoms with E-state index in [0.717, 1.165) is 5.56 Å². The van der Waals surface area contributed by atoms with Gasteiger partial charge in [0.1, 0.15) is 0 Å². The number of aryl methyl sites for hydroxylation is 2. The maximum atomic E-state index is 10.8. The van der Waals surface area contributed by atoms with E-state index >= 15 is 0 Å². The first-order valence-electron chi connectivity index (χ1n) is 4.55. The highest BCUT2D eigenvalue weighted by atomic mass is 16.4. The molecule has 15 heavy (non-hydrogen) atoms. The van der Waals surface area contributed by atoms with E-state index < -0.39 is 11.9 Å². The lowest BCUT2D eigenvalue weighted by Gasteiger charge is -2.05. The van der Waals surface area contributed by atoms with Crippen molar-refractivity contribution in [2.24, 2.45) is 0 Å². The molecular weight excluding hydrogens is 196 g/mol. The minimum atomic E-state index is -1.02. The lowest BCUT2D eigenvalue weighted by molar-refractivity contribution is -0.136. The van der Waals surface area contributed by atoms with Gasteiger partial charge in [0, 0.05) is 6.42 Å². The smallest absolute Gasteiger partial charge is 0.335 e. The van der Waals surface area contributed by atoms with Crippen LogP contribution in [0.15, 0.2) is 18.2 Å². The first kappa shape index (κ1) is 11.2. The number of aromatic carboxylic acids is 1. The molecule has 0 fully saturated rings. The van der Waals surface area contributed by atoms with E-state index in [9.17, 15) is 9.59 Å². The van der Waals surface area contributed by atoms with Gasteiger partial charge in [-0.1, -0.05) is 17.7 Å². The van der Waals surface area contributed by atoms with E-state index in [0.29, 0.717) is 5.56 Å². The lowest BCUT2D eigenvalue weighted by atomic mass is 10.0. The van der Waals surface area contributed by atoms with Crippen LogP contribution in [0.3, 0.4) is 0 Å². The van der Waals surface area contributed by atoms with Gasteiger partial charge in [-0.05, 0) is 25.0 Å². The Bertz CT molecular complexity index is 396. The Labute approximate surface area is 87.2 Å². The molecule has 0 unspecified atom stereocenters. The second-order valence-corrected chi connectivity index (χ2v) is 3.36. The van der Waals surface area contributed by atoms with Gasteiger partial charge in [-0.15, -0.1) is 0 Å². The predicted molar refractivity (Wildman–Crippen MR) is 54.1 cm³/mol. The van der Waals surface area contributed by atoms with E-state index in [1.807, 2.05) is 6.92 Å². The summed E-state index contributed by atoms with van der Waals surface area (Å²) in [6.45, 7) is 1.84. The predicted octanol–water partition coefficient (Wildman–Crippen LogP) is 1.71. The fraction of sp³-hybridized carbons (Fsp3) is 0.273. The Hall–Kier alpha value is -1.84. The maximum Gasteiger partial charge on any atom is 0.335 e. The molecule has 0 heterocycles. The zero-order chi connectivity index (χ0) is 11.4. The van der Waals surface area contributed by atoms with Crippen molar-refractivity contribution in [2.75, 3.05) is 0 Å². The molecule has 0 bridgehead atoms. The van der Waals surface area contributed by atoms with Crippen LogP contribution in [0.5, 0.6) is 0 Å². The summed E-state index contributed by atoms with van der Waals surface area (Å²) in [4.78, 5) is 21.2. The Kier molecular flexibility index (Phi) is 3.44. The Morgan fingerprint density at radius 1 is 1.27 bits per heavy atom. The van der Waals surface area contributed by atoms with Gasteiger partial charge in [0.05, 0.1) is 5.56 Å². The third-order valence-corrected chi connectivity index (χ3v) is 2.10. The fourth-order valence-electron chi connectivity index (χ4n) is 1.38. The summed E-state index contributed by atoms with van der Waals surface area (Å²) in [6.07, 6.45) is 0.197. The number of hydrogen-bond acceptors (Lipinski definition) is 2. The topological polar surface area (TPSA) is 74.6 Å². The molecular formula is C11H12O4. The summed E-state index contributed by atoms with van der Waals surface area (Å²) in [5.41, 5.74) is 1.69. The van der Waals surface area contributed by atoms with Gasteiger partial charge in [-0.3, -0.25) is 4.79 Å². The molecule has 0 radical (unpaired) electrons. The van der Waals surface area contributed by atoms with E-state index in [1.165, 1.54) is 6.07 Å². The molecule has 0 aliphatic heterocycles. The summed E-state index contributed by atoms with van der Waals surface area (Å²) in [5.74, 6) is -1.94. The van der Waals surface area contributed by atoms with Gasteiger partial charge in [0.25, 0.3) is 0 Å². The molecule has 0 saturated carbocycles. The zero-order valence-corrected chi connectivity index (χ0v) is 8.36. The van der Waals surface area contributed by atoms with Crippen LogP contribution in [-0.2, 0) is 11.2 Å². The highest BCUT2D eigenvalue weighted by molar-refractivity contribution is 5.89. The van der Waals surface area contributed by atoms with E-state index in [1.54, 1.807) is 12.1 Å². The van der Waals surface area contributed by atoms with Crippen LogP contribution in [0.2, 0.25) is 0 Å². The molecule has 4 nitrogen and oxygen atoms in total. The maximum absolute atomic E-state index is 10.8. The number of rotatable bonds is 4. The molecule has 1 aromatic rings. The van der Waals surface area contributed by atoms with Crippen molar-refractivity contribution in [1.29, 1.82) is 0 Å². The largest absolute Gasteiger partial charge is 0.481 e. The molecule has 0 atom stereocenters. The van der Waals surface area contributed by atoms with Crippen molar-refractivity contribution in [3.63, 3.8) is 0 Å². The van der Waals surface area contributed by atoms with Crippen LogP contribution in [0.4, 0.5) is 0 Å². The quantitative estimate of drug-likeness (QED) is 0.789. The second kappa shape index (κ2) is 4.59. The minimum Gasteiger partial charge on any atom is -0.481 e. The summed E-state index contributed by atoms with van der Waals surface area (Å²) in [6, 6.07) is 4.93. The molecule has 0 aliphatic rings.